The van der Waals surface area contributed by atoms with Gasteiger partial charge in [0.05, 0.1) is 18.2 Å². The topological polar surface area (TPSA) is 67.7 Å². The van der Waals surface area contributed by atoms with Crippen LogP contribution < -0.4 is 0 Å². The Bertz CT molecular complexity index is 820. The molecule has 3 aliphatic heterocycles. The second kappa shape index (κ2) is 7.52. The van der Waals surface area contributed by atoms with E-state index in [0.29, 0.717) is 31.8 Å². The molecule has 0 aliphatic carbocycles. The third-order valence-corrected chi connectivity index (χ3v) is 5.48. The highest BCUT2D eigenvalue weighted by atomic mass is 16.5. The molecule has 142 valence electrons. The number of ether oxygens (including phenoxy) is 1. The molecule has 2 atom stereocenters. The first-order valence-electron chi connectivity index (χ1n) is 9.36. The molecule has 2 bridgehead atoms. The summed E-state index contributed by atoms with van der Waals surface area (Å²) >= 11 is 0. The van der Waals surface area contributed by atoms with Crippen LogP contribution in [0.25, 0.3) is 5.69 Å². The lowest BCUT2D eigenvalue weighted by atomic mass is 9.94. The van der Waals surface area contributed by atoms with Crippen molar-refractivity contribution in [1.82, 2.24) is 19.6 Å². The Hall–Kier alpha value is -2.67. The SMILES string of the molecule is COCCN1C(=O)[C@@H]2CC[C@H]1CN(C(=O)c1cccc(-n3cccn3)c1)C2. The van der Waals surface area contributed by atoms with Gasteiger partial charge in [-0.2, -0.15) is 5.10 Å². The Morgan fingerprint density at radius 2 is 2.15 bits per heavy atom. The molecule has 1 aromatic carbocycles. The van der Waals surface area contributed by atoms with Gasteiger partial charge < -0.3 is 14.5 Å². The zero-order valence-electron chi connectivity index (χ0n) is 15.5. The maximum absolute atomic E-state index is 13.2. The minimum atomic E-state index is -0.112. The molecule has 27 heavy (non-hydrogen) atoms. The number of rotatable bonds is 5. The molecule has 0 unspecified atom stereocenters. The normalized spacial score (nSPS) is 22.2. The number of fused-ring (bicyclic) bond motifs is 4. The van der Waals surface area contributed by atoms with Crippen molar-refractivity contribution in [3.63, 3.8) is 0 Å². The average molecular weight is 368 g/mol. The van der Waals surface area contributed by atoms with Gasteiger partial charge >= 0.3 is 0 Å². The molecule has 0 N–H and O–H groups in total. The van der Waals surface area contributed by atoms with Crippen LogP contribution in [0.1, 0.15) is 23.2 Å². The Morgan fingerprint density at radius 1 is 1.26 bits per heavy atom. The minimum Gasteiger partial charge on any atom is -0.383 e. The van der Waals surface area contributed by atoms with Gasteiger partial charge in [0.25, 0.3) is 5.91 Å². The van der Waals surface area contributed by atoms with Gasteiger partial charge in [-0.15, -0.1) is 0 Å². The molecular weight excluding hydrogens is 344 g/mol. The molecule has 7 nitrogen and oxygen atoms in total. The van der Waals surface area contributed by atoms with Gasteiger partial charge in [-0.05, 0) is 37.1 Å². The van der Waals surface area contributed by atoms with Gasteiger partial charge in [0.1, 0.15) is 0 Å². The summed E-state index contributed by atoms with van der Waals surface area (Å²) in [5, 5.41) is 4.23. The Balaban J connectivity index is 1.55. The average Bonchev–Trinajstić information content (AvgIpc) is 3.10. The fourth-order valence-electron chi connectivity index (χ4n) is 4.08. The van der Waals surface area contributed by atoms with E-state index in [1.807, 2.05) is 46.3 Å². The number of carbonyl (C=O) groups is 2. The second-order valence-corrected chi connectivity index (χ2v) is 7.16. The monoisotopic (exact) mass is 368 g/mol. The summed E-state index contributed by atoms with van der Waals surface area (Å²) in [7, 11) is 1.64. The fraction of sp³-hybridized carbons (Fsp3) is 0.450. The van der Waals surface area contributed by atoms with Crippen molar-refractivity contribution in [3.8, 4) is 5.69 Å². The van der Waals surface area contributed by atoms with Crippen molar-refractivity contribution in [3.05, 3.63) is 48.3 Å². The summed E-state index contributed by atoms with van der Waals surface area (Å²) in [4.78, 5) is 29.7. The van der Waals surface area contributed by atoms with E-state index in [1.54, 1.807) is 18.0 Å². The quantitative estimate of drug-likeness (QED) is 0.804. The Morgan fingerprint density at radius 3 is 2.93 bits per heavy atom. The zero-order valence-corrected chi connectivity index (χ0v) is 15.5. The van der Waals surface area contributed by atoms with Crippen LogP contribution in [0.3, 0.4) is 0 Å². The molecule has 2 aromatic rings. The molecule has 3 saturated heterocycles. The molecule has 0 radical (unpaired) electrons. The molecule has 0 saturated carbocycles. The summed E-state index contributed by atoms with van der Waals surface area (Å²) in [6, 6.07) is 9.39. The molecule has 4 heterocycles. The third-order valence-electron chi connectivity index (χ3n) is 5.48. The lowest BCUT2D eigenvalue weighted by Gasteiger charge is -2.35. The fourth-order valence-corrected chi connectivity index (χ4v) is 4.08. The third kappa shape index (κ3) is 3.47. The van der Waals surface area contributed by atoms with E-state index in [4.69, 9.17) is 4.74 Å². The van der Waals surface area contributed by atoms with Gasteiger partial charge in [-0.25, -0.2) is 4.68 Å². The van der Waals surface area contributed by atoms with Crippen LogP contribution in [-0.2, 0) is 9.53 Å². The smallest absolute Gasteiger partial charge is 0.254 e. The maximum Gasteiger partial charge on any atom is 0.254 e. The van der Waals surface area contributed by atoms with E-state index < -0.39 is 0 Å². The van der Waals surface area contributed by atoms with Crippen LogP contribution in [0.4, 0.5) is 0 Å². The van der Waals surface area contributed by atoms with E-state index in [1.165, 1.54) is 0 Å². The van der Waals surface area contributed by atoms with Crippen LogP contribution in [0, 0.1) is 5.92 Å². The number of hydrogen-bond donors (Lipinski definition) is 0. The van der Waals surface area contributed by atoms with Crippen LogP contribution in [0.15, 0.2) is 42.7 Å². The first kappa shape index (κ1) is 17.7. The predicted octanol–water partition coefficient (Wildman–Crippen LogP) is 1.58. The molecule has 1 aromatic heterocycles. The Kier molecular flexibility index (Phi) is 4.94. The van der Waals surface area contributed by atoms with Crippen molar-refractivity contribution in [2.24, 2.45) is 5.92 Å². The molecule has 5 rings (SSSR count). The highest BCUT2D eigenvalue weighted by Crippen LogP contribution is 2.30. The van der Waals surface area contributed by atoms with E-state index >= 15 is 0 Å². The number of methoxy groups -OCH3 is 1. The molecule has 0 spiro atoms. The number of amides is 2. The summed E-state index contributed by atoms with van der Waals surface area (Å²) < 4.78 is 6.89. The Labute approximate surface area is 158 Å². The molecule has 2 amide bonds. The van der Waals surface area contributed by atoms with E-state index in [-0.39, 0.29) is 23.8 Å². The first-order valence-corrected chi connectivity index (χ1v) is 9.36. The van der Waals surface area contributed by atoms with Crippen molar-refractivity contribution >= 4 is 11.8 Å². The number of carbonyl (C=O) groups excluding carboxylic acids is 2. The number of piperidine rings is 1. The summed E-state index contributed by atoms with van der Waals surface area (Å²) in [6.07, 6.45) is 5.35. The predicted molar refractivity (Wildman–Crippen MR) is 99.6 cm³/mol. The van der Waals surface area contributed by atoms with E-state index in [9.17, 15) is 9.59 Å². The number of hydrogen-bond acceptors (Lipinski definition) is 4. The highest BCUT2D eigenvalue weighted by Gasteiger charge is 2.41. The lowest BCUT2D eigenvalue weighted by Crippen LogP contribution is -2.49. The van der Waals surface area contributed by atoms with Crippen molar-refractivity contribution in [2.75, 3.05) is 33.4 Å². The van der Waals surface area contributed by atoms with Crippen molar-refractivity contribution in [2.45, 2.75) is 18.9 Å². The van der Waals surface area contributed by atoms with Crippen LogP contribution in [0.2, 0.25) is 0 Å². The molecule has 7 heteroatoms. The molecule has 3 aliphatic rings. The number of benzene rings is 1. The van der Waals surface area contributed by atoms with E-state index in [0.717, 1.165) is 18.5 Å². The highest BCUT2D eigenvalue weighted by molar-refractivity contribution is 5.95. The zero-order chi connectivity index (χ0) is 18.8. The number of aromatic nitrogens is 2. The maximum atomic E-state index is 13.2. The second-order valence-electron chi connectivity index (χ2n) is 7.16. The standard InChI is InChI=1S/C20H24N4O3/c1-27-11-10-23-18-7-6-16(20(23)26)13-22(14-18)19(25)15-4-2-5-17(12-15)24-9-3-8-21-24/h2-5,8-9,12,16,18H,6-7,10-11,13-14H2,1H3/t16-,18+/m1/s1. The largest absolute Gasteiger partial charge is 0.383 e. The summed E-state index contributed by atoms with van der Waals surface area (Å²) in [5.74, 6) is 0.0186. The summed E-state index contributed by atoms with van der Waals surface area (Å²) in [6.45, 7) is 2.18. The van der Waals surface area contributed by atoms with Crippen LogP contribution in [-0.4, -0.2) is 70.8 Å². The van der Waals surface area contributed by atoms with Gasteiger partial charge in [0, 0.05) is 50.7 Å². The van der Waals surface area contributed by atoms with Gasteiger partial charge in [0.15, 0.2) is 0 Å². The summed E-state index contributed by atoms with van der Waals surface area (Å²) in [5.41, 5.74) is 1.47. The first-order chi connectivity index (χ1) is 13.2. The molecule has 3 fully saturated rings. The minimum absolute atomic E-state index is 0.0257. The van der Waals surface area contributed by atoms with E-state index in [2.05, 4.69) is 5.10 Å². The van der Waals surface area contributed by atoms with Gasteiger partial charge in [-0.1, -0.05) is 6.07 Å². The molecular formula is C20H24N4O3. The van der Waals surface area contributed by atoms with Gasteiger partial charge in [0.2, 0.25) is 5.91 Å². The van der Waals surface area contributed by atoms with Crippen molar-refractivity contribution in [1.29, 1.82) is 0 Å². The van der Waals surface area contributed by atoms with Crippen molar-refractivity contribution < 1.29 is 14.3 Å². The van der Waals surface area contributed by atoms with Gasteiger partial charge in [-0.3, -0.25) is 9.59 Å². The number of nitrogens with zero attached hydrogens (tertiary/aromatic N) is 4. The van der Waals surface area contributed by atoms with Crippen LogP contribution >= 0.6 is 0 Å². The van der Waals surface area contributed by atoms with Crippen LogP contribution in [0.5, 0.6) is 0 Å². The lowest BCUT2D eigenvalue weighted by molar-refractivity contribution is -0.140.